The molecule has 0 amide bonds. The fourth-order valence-corrected chi connectivity index (χ4v) is 8.18. The molecule has 0 aliphatic heterocycles. The molecule has 2 aliphatic carbocycles. The average molecular weight is 638 g/mol. The third-order valence-electron chi connectivity index (χ3n) is 10.3. The van der Waals surface area contributed by atoms with E-state index in [1.165, 1.54) is 66.9 Å². The lowest BCUT2D eigenvalue weighted by Crippen LogP contribution is -2.35. The molecule has 2 aliphatic rings. The minimum Gasteiger partial charge on any atom is -0.312 e. The van der Waals surface area contributed by atoms with Crippen molar-refractivity contribution in [2.45, 2.75) is 5.41 Å². The van der Waals surface area contributed by atoms with Crippen molar-refractivity contribution < 1.29 is 0 Å². The van der Waals surface area contributed by atoms with Crippen LogP contribution < -0.4 is 4.90 Å². The molecule has 7 aromatic carbocycles. The molecule has 0 bridgehead atoms. The molecule has 236 valence electrons. The van der Waals surface area contributed by atoms with Crippen molar-refractivity contribution in [3.8, 4) is 33.4 Å². The van der Waals surface area contributed by atoms with Gasteiger partial charge in [-0.1, -0.05) is 183 Å². The topological polar surface area (TPSA) is 3.24 Å². The van der Waals surface area contributed by atoms with E-state index in [-0.39, 0.29) is 0 Å². The highest BCUT2D eigenvalue weighted by molar-refractivity contribution is 6.00. The smallest absolute Gasteiger partial charge is 0.0881 e. The zero-order chi connectivity index (χ0) is 33.5. The summed E-state index contributed by atoms with van der Waals surface area (Å²) in [5, 5.41) is 0. The third kappa shape index (κ3) is 4.55. The van der Waals surface area contributed by atoms with Gasteiger partial charge in [0, 0.05) is 16.9 Å². The molecule has 1 heteroatoms. The molecule has 0 N–H and O–H groups in total. The first kappa shape index (κ1) is 29.7. The summed E-state index contributed by atoms with van der Waals surface area (Å²) in [6, 6.07) is 66.3. The number of nitrogens with zero attached hydrogens (tertiary/aromatic N) is 1. The Kier molecular flexibility index (Phi) is 7.25. The Morgan fingerprint density at radius 1 is 0.400 bits per heavy atom. The number of hydrogen-bond acceptors (Lipinski definition) is 1. The molecule has 9 rings (SSSR count). The van der Waals surface area contributed by atoms with Crippen LogP contribution in [0.4, 0.5) is 11.4 Å². The van der Waals surface area contributed by atoms with E-state index in [0.29, 0.717) is 0 Å². The molecule has 0 unspecified atom stereocenters. The SMILES string of the molecule is C=C/C=C\C1=C(N(c2ccc(-c3ccccc3)cc2)c2ccc(-c3ccccc3)cc2)C2(c3ccccc31)c1ccccc1-c1ccccc12. The van der Waals surface area contributed by atoms with E-state index < -0.39 is 5.41 Å². The summed E-state index contributed by atoms with van der Waals surface area (Å²) < 4.78 is 0. The van der Waals surface area contributed by atoms with Crippen molar-refractivity contribution in [1.29, 1.82) is 0 Å². The second kappa shape index (κ2) is 12.2. The van der Waals surface area contributed by atoms with Crippen LogP contribution in [0.25, 0.3) is 39.0 Å². The number of anilines is 2. The van der Waals surface area contributed by atoms with Crippen LogP contribution in [0.15, 0.2) is 212 Å². The molecule has 1 spiro atoms. The van der Waals surface area contributed by atoms with Crippen molar-refractivity contribution >= 4 is 16.9 Å². The minimum atomic E-state index is -0.555. The highest BCUT2D eigenvalue weighted by atomic mass is 15.2. The maximum atomic E-state index is 4.08. The number of rotatable bonds is 7. The monoisotopic (exact) mass is 637 g/mol. The van der Waals surface area contributed by atoms with Crippen LogP contribution >= 0.6 is 0 Å². The number of allylic oxidation sites excluding steroid dienone is 5. The van der Waals surface area contributed by atoms with Crippen LogP contribution in [0.1, 0.15) is 22.3 Å². The zero-order valence-corrected chi connectivity index (χ0v) is 27.7. The van der Waals surface area contributed by atoms with Crippen molar-refractivity contribution in [1.82, 2.24) is 0 Å². The average Bonchev–Trinajstić information content (AvgIpc) is 3.65. The second-order valence-corrected chi connectivity index (χ2v) is 12.9. The molecule has 0 aromatic heterocycles. The highest BCUT2D eigenvalue weighted by Gasteiger charge is 2.54. The fraction of sp³-hybridized carbons (Fsp3) is 0.0204. The summed E-state index contributed by atoms with van der Waals surface area (Å²) in [5.41, 5.74) is 16.5. The van der Waals surface area contributed by atoms with Gasteiger partial charge < -0.3 is 4.90 Å². The van der Waals surface area contributed by atoms with Crippen LogP contribution in [-0.2, 0) is 5.41 Å². The lowest BCUT2D eigenvalue weighted by Gasteiger charge is -2.39. The summed E-state index contributed by atoms with van der Waals surface area (Å²) in [7, 11) is 0. The van der Waals surface area contributed by atoms with E-state index in [2.05, 4.69) is 206 Å². The van der Waals surface area contributed by atoms with Crippen LogP contribution in [-0.4, -0.2) is 0 Å². The van der Waals surface area contributed by atoms with E-state index in [4.69, 9.17) is 0 Å². The van der Waals surface area contributed by atoms with Gasteiger partial charge in [0.1, 0.15) is 0 Å². The van der Waals surface area contributed by atoms with Crippen molar-refractivity contribution in [3.05, 3.63) is 235 Å². The molecule has 7 aromatic rings. The zero-order valence-electron chi connectivity index (χ0n) is 27.7. The lowest BCUT2D eigenvalue weighted by atomic mass is 9.71. The van der Waals surface area contributed by atoms with Crippen LogP contribution in [0.2, 0.25) is 0 Å². The summed E-state index contributed by atoms with van der Waals surface area (Å²) in [5.74, 6) is 0. The predicted molar refractivity (Wildman–Crippen MR) is 210 cm³/mol. The molecule has 0 radical (unpaired) electrons. The normalized spacial score (nSPS) is 13.7. The Bertz CT molecular complexity index is 2280. The van der Waals surface area contributed by atoms with Crippen LogP contribution in [0.3, 0.4) is 0 Å². The molecule has 0 heterocycles. The molecular formula is C49H35N. The highest BCUT2D eigenvalue weighted by Crippen LogP contribution is 2.63. The quantitative estimate of drug-likeness (QED) is 0.157. The number of hydrogen-bond donors (Lipinski definition) is 0. The Labute approximate surface area is 294 Å². The van der Waals surface area contributed by atoms with Crippen molar-refractivity contribution in [3.63, 3.8) is 0 Å². The fourth-order valence-electron chi connectivity index (χ4n) is 8.18. The van der Waals surface area contributed by atoms with E-state index in [1.54, 1.807) is 0 Å². The van der Waals surface area contributed by atoms with Gasteiger partial charge in [-0.3, -0.25) is 0 Å². The largest absolute Gasteiger partial charge is 0.312 e. The standard InChI is InChI=1S/C49H35N/c1-2-3-20-44-43-23-12-15-26-47(43)49(45-24-13-10-21-41(45)42-22-11-14-25-46(42)49)48(44)50(39-31-27-37(28-32-39)35-16-6-4-7-17-35)40-33-29-38(30-34-40)36-18-8-5-9-19-36/h2-34H,1H2/b20-3-. The second-order valence-electron chi connectivity index (χ2n) is 12.9. The van der Waals surface area contributed by atoms with Gasteiger partial charge in [-0.25, -0.2) is 0 Å². The van der Waals surface area contributed by atoms with Gasteiger partial charge in [-0.05, 0) is 79.9 Å². The van der Waals surface area contributed by atoms with Crippen LogP contribution in [0, 0.1) is 0 Å². The molecular weight excluding hydrogens is 603 g/mol. The Balaban J connectivity index is 1.36. The number of benzene rings is 7. The van der Waals surface area contributed by atoms with E-state index in [0.717, 1.165) is 11.4 Å². The lowest BCUT2D eigenvalue weighted by molar-refractivity contribution is 0.745. The molecule has 0 atom stereocenters. The van der Waals surface area contributed by atoms with Crippen molar-refractivity contribution in [2.75, 3.05) is 4.90 Å². The first-order chi connectivity index (χ1) is 24.8. The summed E-state index contributed by atoms with van der Waals surface area (Å²) in [6.07, 6.45) is 6.21. The molecule has 0 fully saturated rings. The van der Waals surface area contributed by atoms with Gasteiger partial charge in [0.25, 0.3) is 0 Å². The van der Waals surface area contributed by atoms with Gasteiger partial charge >= 0.3 is 0 Å². The van der Waals surface area contributed by atoms with E-state index in [9.17, 15) is 0 Å². The van der Waals surface area contributed by atoms with Gasteiger partial charge in [0.2, 0.25) is 0 Å². The summed E-state index contributed by atoms with van der Waals surface area (Å²) in [6.45, 7) is 4.08. The minimum absolute atomic E-state index is 0.555. The van der Waals surface area contributed by atoms with Gasteiger partial charge in [0.15, 0.2) is 0 Å². The maximum Gasteiger partial charge on any atom is 0.0881 e. The van der Waals surface area contributed by atoms with Gasteiger partial charge in [-0.2, -0.15) is 0 Å². The molecule has 0 saturated carbocycles. The Hall–Kier alpha value is -6.44. The third-order valence-corrected chi connectivity index (χ3v) is 10.3. The van der Waals surface area contributed by atoms with Crippen molar-refractivity contribution in [2.24, 2.45) is 0 Å². The van der Waals surface area contributed by atoms with E-state index in [1.807, 2.05) is 6.08 Å². The molecule has 1 nitrogen and oxygen atoms in total. The Morgan fingerprint density at radius 3 is 1.24 bits per heavy atom. The first-order valence-electron chi connectivity index (χ1n) is 17.2. The molecule has 50 heavy (non-hydrogen) atoms. The Morgan fingerprint density at radius 2 is 0.780 bits per heavy atom. The molecule has 0 saturated heterocycles. The van der Waals surface area contributed by atoms with E-state index >= 15 is 0 Å². The van der Waals surface area contributed by atoms with Gasteiger partial charge in [-0.15, -0.1) is 0 Å². The van der Waals surface area contributed by atoms with Crippen LogP contribution in [0.5, 0.6) is 0 Å². The van der Waals surface area contributed by atoms with Gasteiger partial charge in [0.05, 0.1) is 11.1 Å². The number of fused-ring (bicyclic) bond motifs is 7. The summed E-state index contributed by atoms with van der Waals surface area (Å²) >= 11 is 0. The maximum absolute atomic E-state index is 4.08. The first-order valence-corrected chi connectivity index (χ1v) is 17.2. The predicted octanol–water partition coefficient (Wildman–Crippen LogP) is 12.6. The summed E-state index contributed by atoms with van der Waals surface area (Å²) in [4.78, 5) is 2.51.